The molecule has 3 aromatic rings. The van der Waals surface area contributed by atoms with Gasteiger partial charge in [0.05, 0.1) is 0 Å². The highest BCUT2D eigenvalue weighted by atomic mass is 35.5. The monoisotopic (exact) mass is 393 g/mol. The summed E-state index contributed by atoms with van der Waals surface area (Å²) in [6, 6.07) is 18.9. The number of hydrogen-bond donors (Lipinski definition) is 1. The van der Waals surface area contributed by atoms with Crippen LogP contribution in [0.1, 0.15) is 32.6 Å². The van der Waals surface area contributed by atoms with E-state index < -0.39 is 5.97 Å². The van der Waals surface area contributed by atoms with Crippen LogP contribution in [-0.4, -0.2) is 5.97 Å². The number of rotatable bonds is 5. The SMILES string of the molecule is Cc1c(Cl)c2c(c(OCc3ccccc3)c1C(=O)Oc1ccccc1)CNC2. The molecule has 0 bridgehead atoms. The van der Waals surface area contributed by atoms with Crippen molar-refractivity contribution in [1.29, 1.82) is 0 Å². The Balaban J connectivity index is 1.73. The summed E-state index contributed by atoms with van der Waals surface area (Å²) in [7, 11) is 0. The molecule has 0 saturated heterocycles. The lowest BCUT2D eigenvalue weighted by Crippen LogP contribution is -2.15. The van der Waals surface area contributed by atoms with E-state index in [2.05, 4.69) is 5.32 Å². The van der Waals surface area contributed by atoms with Crippen molar-refractivity contribution >= 4 is 17.6 Å². The van der Waals surface area contributed by atoms with Crippen molar-refractivity contribution in [1.82, 2.24) is 5.32 Å². The third kappa shape index (κ3) is 3.61. The second-order valence-electron chi connectivity index (χ2n) is 6.68. The second kappa shape index (κ2) is 8.05. The van der Waals surface area contributed by atoms with Gasteiger partial charge in [0.15, 0.2) is 0 Å². The summed E-state index contributed by atoms with van der Waals surface area (Å²) in [6.07, 6.45) is 0. The molecule has 0 aliphatic carbocycles. The highest BCUT2D eigenvalue weighted by molar-refractivity contribution is 6.33. The number of para-hydroxylation sites is 1. The van der Waals surface area contributed by atoms with Crippen LogP contribution < -0.4 is 14.8 Å². The number of nitrogens with one attached hydrogen (secondary N) is 1. The molecule has 0 spiro atoms. The number of carbonyl (C=O) groups is 1. The first-order valence-corrected chi connectivity index (χ1v) is 9.51. The quantitative estimate of drug-likeness (QED) is 0.486. The molecule has 0 fully saturated rings. The Morgan fingerprint density at radius 3 is 2.36 bits per heavy atom. The van der Waals surface area contributed by atoms with Crippen LogP contribution in [0.25, 0.3) is 0 Å². The molecule has 3 aromatic carbocycles. The molecular formula is C23H20ClNO3. The van der Waals surface area contributed by atoms with E-state index in [1.807, 2.05) is 55.5 Å². The van der Waals surface area contributed by atoms with Gasteiger partial charge in [0.25, 0.3) is 0 Å². The Morgan fingerprint density at radius 2 is 1.64 bits per heavy atom. The highest BCUT2D eigenvalue weighted by Gasteiger charge is 2.29. The number of fused-ring (bicyclic) bond motifs is 1. The van der Waals surface area contributed by atoms with Gasteiger partial charge in [-0.25, -0.2) is 4.79 Å². The maximum atomic E-state index is 13.0. The molecule has 1 heterocycles. The maximum Gasteiger partial charge on any atom is 0.347 e. The summed E-state index contributed by atoms with van der Waals surface area (Å²) in [5.74, 6) is 0.561. The molecule has 0 radical (unpaired) electrons. The summed E-state index contributed by atoms with van der Waals surface area (Å²) < 4.78 is 11.8. The van der Waals surface area contributed by atoms with Crippen LogP contribution in [-0.2, 0) is 19.7 Å². The lowest BCUT2D eigenvalue weighted by atomic mass is 9.98. The molecule has 4 rings (SSSR count). The Bertz CT molecular complexity index is 1000. The fourth-order valence-corrected chi connectivity index (χ4v) is 3.67. The Labute approximate surface area is 169 Å². The van der Waals surface area contributed by atoms with E-state index in [1.54, 1.807) is 12.1 Å². The van der Waals surface area contributed by atoms with Gasteiger partial charge in [-0.15, -0.1) is 0 Å². The number of ether oxygens (including phenoxy) is 2. The van der Waals surface area contributed by atoms with Gasteiger partial charge in [-0.3, -0.25) is 0 Å². The van der Waals surface area contributed by atoms with Crippen LogP contribution in [0, 0.1) is 6.92 Å². The second-order valence-corrected chi connectivity index (χ2v) is 7.06. The Hall–Kier alpha value is -2.82. The molecule has 0 atom stereocenters. The van der Waals surface area contributed by atoms with Crippen LogP contribution in [0.4, 0.5) is 0 Å². The van der Waals surface area contributed by atoms with E-state index in [1.165, 1.54) is 0 Å². The third-order valence-corrected chi connectivity index (χ3v) is 5.33. The van der Waals surface area contributed by atoms with E-state index in [9.17, 15) is 4.79 Å². The number of carbonyl (C=O) groups excluding carboxylic acids is 1. The van der Waals surface area contributed by atoms with Gasteiger partial charge in [-0.05, 0) is 35.7 Å². The first kappa shape index (κ1) is 18.5. The van der Waals surface area contributed by atoms with Crippen molar-refractivity contribution in [3.05, 3.63) is 93.5 Å². The molecule has 0 unspecified atom stereocenters. The van der Waals surface area contributed by atoms with Crippen molar-refractivity contribution in [2.24, 2.45) is 0 Å². The average Bonchev–Trinajstić information content (AvgIpc) is 3.21. The lowest BCUT2D eigenvalue weighted by Gasteiger charge is -2.19. The lowest BCUT2D eigenvalue weighted by molar-refractivity contribution is 0.0728. The topological polar surface area (TPSA) is 47.6 Å². The largest absolute Gasteiger partial charge is 0.488 e. The minimum Gasteiger partial charge on any atom is -0.488 e. The van der Waals surface area contributed by atoms with E-state index in [-0.39, 0.29) is 0 Å². The number of hydrogen-bond acceptors (Lipinski definition) is 4. The smallest absolute Gasteiger partial charge is 0.347 e. The Kier molecular flexibility index (Phi) is 5.33. The molecule has 0 aromatic heterocycles. The average molecular weight is 394 g/mol. The zero-order chi connectivity index (χ0) is 19.5. The number of esters is 1. The highest BCUT2D eigenvalue weighted by Crippen LogP contribution is 2.40. The van der Waals surface area contributed by atoms with Crippen LogP contribution in [0.3, 0.4) is 0 Å². The predicted molar refractivity (Wildman–Crippen MR) is 109 cm³/mol. The van der Waals surface area contributed by atoms with Gasteiger partial charge >= 0.3 is 5.97 Å². The minimum absolute atomic E-state index is 0.361. The molecule has 0 amide bonds. The van der Waals surface area contributed by atoms with Crippen LogP contribution in [0.5, 0.6) is 11.5 Å². The normalized spacial score (nSPS) is 12.5. The van der Waals surface area contributed by atoms with Crippen molar-refractivity contribution in [2.45, 2.75) is 26.6 Å². The van der Waals surface area contributed by atoms with E-state index >= 15 is 0 Å². The molecule has 28 heavy (non-hydrogen) atoms. The summed E-state index contributed by atoms with van der Waals surface area (Å²) >= 11 is 6.58. The summed E-state index contributed by atoms with van der Waals surface area (Å²) in [4.78, 5) is 13.0. The maximum absolute atomic E-state index is 13.0. The molecule has 5 heteroatoms. The molecule has 142 valence electrons. The molecule has 4 nitrogen and oxygen atoms in total. The minimum atomic E-state index is -0.469. The van der Waals surface area contributed by atoms with Crippen LogP contribution >= 0.6 is 11.6 Å². The molecule has 1 aliphatic rings. The molecular weight excluding hydrogens is 374 g/mol. The number of benzene rings is 3. The van der Waals surface area contributed by atoms with Crippen molar-refractivity contribution in [3.63, 3.8) is 0 Å². The van der Waals surface area contributed by atoms with Gasteiger partial charge in [0.1, 0.15) is 23.7 Å². The van der Waals surface area contributed by atoms with Gasteiger partial charge in [0.2, 0.25) is 0 Å². The van der Waals surface area contributed by atoms with Gasteiger partial charge in [-0.1, -0.05) is 60.1 Å². The van der Waals surface area contributed by atoms with E-state index in [0.717, 1.165) is 16.7 Å². The standard InChI is InChI=1S/C23H20ClNO3/c1-15-20(23(26)28-17-10-6-3-7-11-17)22(19-13-25-12-18(19)21(15)24)27-14-16-8-4-2-5-9-16/h2-11,25H,12-14H2,1H3. The first-order chi connectivity index (χ1) is 13.6. The van der Waals surface area contributed by atoms with Crippen LogP contribution in [0.2, 0.25) is 5.02 Å². The molecule has 1 N–H and O–H groups in total. The summed E-state index contributed by atoms with van der Waals surface area (Å²) in [5.41, 5.74) is 3.99. The van der Waals surface area contributed by atoms with E-state index in [0.29, 0.717) is 47.3 Å². The van der Waals surface area contributed by atoms with Crippen molar-refractivity contribution in [2.75, 3.05) is 0 Å². The van der Waals surface area contributed by atoms with Gasteiger partial charge < -0.3 is 14.8 Å². The fraction of sp³-hybridized carbons (Fsp3) is 0.174. The number of halogens is 1. The van der Waals surface area contributed by atoms with Gasteiger partial charge in [-0.2, -0.15) is 0 Å². The predicted octanol–water partition coefficient (Wildman–Crippen LogP) is 5.05. The third-order valence-electron chi connectivity index (χ3n) is 4.82. The Morgan fingerprint density at radius 1 is 1.00 bits per heavy atom. The van der Waals surface area contributed by atoms with Crippen molar-refractivity contribution < 1.29 is 14.3 Å². The van der Waals surface area contributed by atoms with Gasteiger partial charge in [0, 0.05) is 23.7 Å². The summed E-state index contributed by atoms with van der Waals surface area (Å²) in [5, 5.41) is 3.88. The fourth-order valence-electron chi connectivity index (χ4n) is 3.39. The zero-order valence-electron chi connectivity index (χ0n) is 15.5. The molecule has 0 saturated carbocycles. The van der Waals surface area contributed by atoms with Crippen molar-refractivity contribution in [3.8, 4) is 11.5 Å². The van der Waals surface area contributed by atoms with Crippen LogP contribution in [0.15, 0.2) is 60.7 Å². The zero-order valence-corrected chi connectivity index (χ0v) is 16.3. The first-order valence-electron chi connectivity index (χ1n) is 9.13. The summed E-state index contributed by atoms with van der Waals surface area (Å²) in [6.45, 7) is 3.45. The van der Waals surface area contributed by atoms with E-state index in [4.69, 9.17) is 21.1 Å². The molecule has 1 aliphatic heterocycles.